The van der Waals surface area contributed by atoms with Gasteiger partial charge in [0.1, 0.15) is 0 Å². The minimum atomic E-state index is 0. The normalized spacial score (nSPS) is 9.11. The molecule has 0 nitrogen and oxygen atoms in total. The first-order chi connectivity index (χ1) is 13.3. The van der Waals surface area contributed by atoms with Gasteiger partial charge >= 0.3 is 32.7 Å². The molecule has 0 radical (unpaired) electrons. The molecule has 0 atom stereocenters. The molecule has 0 aliphatic heterocycles. The topological polar surface area (TPSA) is 0 Å². The van der Waals surface area contributed by atoms with Gasteiger partial charge in [0.2, 0.25) is 0 Å². The third-order valence-electron chi connectivity index (χ3n) is 3.70. The molecule has 3 aromatic rings. The third kappa shape index (κ3) is 14.8. The summed E-state index contributed by atoms with van der Waals surface area (Å²) in [5.41, 5.74) is 4.02. The Kier molecular flexibility index (Phi) is 20.0. The minimum Gasteiger partial charge on any atom is -0.792 e. The Labute approximate surface area is 213 Å². The van der Waals surface area contributed by atoms with Crippen molar-refractivity contribution in [2.45, 2.75) is 19.3 Å². The fourth-order valence-electron chi connectivity index (χ4n) is 2.29. The SMILES string of the molecule is [S-]CCc1ccccc1.[S-]CCc1ccccc1.[S-]CCc1ccccc1.[Y+3]. The van der Waals surface area contributed by atoms with E-state index in [2.05, 4.69) is 36.4 Å². The fourth-order valence-corrected chi connectivity index (χ4v) is 2.99. The molecule has 144 valence electrons. The van der Waals surface area contributed by atoms with Crippen LogP contribution in [0.4, 0.5) is 0 Å². The first-order valence-corrected chi connectivity index (χ1v) is 10.9. The number of aryl methyl sites for hydroxylation is 3. The van der Waals surface area contributed by atoms with E-state index in [0.717, 1.165) is 36.5 Å². The molecule has 0 saturated carbocycles. The van der Waals surface area contributed by atoms with E-state index >= 15 is 0 Å². The number of hydrogen-bond donors (Lipinski definition) is 0. The van der Waals surface area contributed by atoms with Crippen molar-refractivity contribution in [1.29, 1.82) is 0 Å². The van der Waals surface area contributed by atoms with E-state index in [-0.39, 0.29) is 32.7 Å². The monoisotopic (exact) mass is 500 g/mol. The van der Waals surface area contributed by atoms with Crippen molar-refractivity contribution in [2.24, 2.45) is 0 Å². The third-order valence-corrected chi connectivity index (χ3v) is 4.31. The molecule has 0 aromatic heterocycles. The maximum atomic E-state index is 4.83. The van der Waals surface area contributed by atoms with E-state index in [1.54, 1.807) is 0 Å². The Morgan fingerprint density at radius 1 is 0.393 bits per heavy atom. The summed E-state index contributed by atoms with van der Waals surface area (Å²) < 4.78 is 0. The van der Waals surface area contributed by atoms with Crippen LogP contribution >= 0.6 is 0 Å². The fraction of sp³-hybridized carbons (Fsp3) is 0.250. The van der Waals surface area contributed by atoms with Gasteiger partial charge in [-0.25, -0.2) is 0 Å². The second-order valence-electron chi connectivity index (χ2n) is 5.82. The standard InChI is InChI=1S/3C8H10S.Y/c3*9-7-6-8-4-2-1-3-5-8;/h3*1-5,9H,6-7H2;/q;;;+3/p-3. The Morgan fingerprint density at radius 2 is 0.607 bits per heavy atom. The van der Waals surface area contributed by atoms with Crippen molar-refractivity contribution in [1.82, 2.24) is 0 Å². The van der Waals surface area contributed by atoms with Gasteiger partial charge in [0.25, 0.3) is 0 Å². The zero-order valence-corrected chi connectivity index (χ0v) is 21.5. The molecular formula is C24H27S3Y. The average Bonchev–Trinajstić information content (AvgIpc) is 2.72. The van der Waals surface area contributed by atoms with E-state index < -0.39 is 0 Å². The van der Waals surface area contributed by atoms with Gasteiger partial charge in [-0.15, -0.1) is 0 Å². The Hall–Kier alpha value is -0.186. The maximum absolute atomic E-state index is 4.83. The number of benzene rings is 3. The van der Waals surface area contributed by atoms with E-state index in [1.165, 1.54) is 16.7 Å². The van der Waals surface area contributed by atoms with Crippen molar-refractivity contribution < 1.29 is 32.7 Å². The maximum Gasteiger partial charge on any atom is 3.00 e. The van der Waals surface area contributed by atoms with E-state index in [9.17, 15) is 0 Å². The Balaban J connectivity index is 0.000000384. The number of hydrogen-bond acceptors (Lipinski definition) is 3. The van der Waals surface area contributed by atoms with Gasteiger partial charge in [0, 0.05) is 0 Å². The van der Waals surface area contributed by atoms with Gasteiger partial charge in [-0.05, 0) is 36.0 Å². The van der Waals surface area contributed by atoms with Crippen molar-refractivity contribution in [3.8, 4) is 0 Å². The summed E-state index contributed by atoms with van der Waals surface area (Å²) >= 11 is 14.5. The molecule has 0 amide bonds. The molecule has 0 spiro atoms. The molecule has 0 aliphatic rings. The zero-order chi connectivity index (χ0) is 19.6. The van der Waals surface area contributed by atoms with E-state index in [1.807, 2.05) is 54.6 Å². The van der Waals surface area contributed by atoms with Crippen LogP contribution in [0.1, 0.15) is 16.7 Å². The van der Waals surface area contributed by atoms with Crippen LogP contribution in [0, 0.1) is 0 Å². The van der Waals surface area contributed by atoms with Crippen LogP contribution < -0.4 is 0 Å². The largest absolute Gasteiger partial charge is 3.00 e. The smallest absolute Gasteiger partial charge is 0.792 e. The number of rotatable bonds is 6. The molecule has 0 heterocycles. The van der Waals surface area contributed by atoms with Gasteiger partial charge in [0.05, 0.1) is 0 Å². The predicted molar refractivity (Wildman–Crippen MR) is 127 cm³/mol. The molecule has 28 heavy (non-hydrogen) atoms. The van der Waals surface area contributed by atoms with Gasteiger partial charge in [0.15, 0.2) is 0 Å². The van der Waals surface area contributed by atoms with Crippen molar-refractivity contribution >= 4 is 37.9 Å². The van der Waals surface area contributed by atoms with Crippen molar-refractivity contribution in [3.05, 3.63) is 108 Å². The van der Waals surface area contributed by atoms with Crippen LogP contribution in [0.25, 0.3) is 0 Å². The molecule has 0 fully saturated rings. The Bertz CT molecular complexity index is 577. The first kappa shape index (κ1) is 27.8. The molecule has 4 heteroatoms. The second-order valence-corrected chi connectivity index (χ2v) is 7.04. The summed E-state index contributed by atoms with van der Waals surface area (Å²) in [5.74, 6) is 2.47. The van der Waals surface area contributed by atoms with Gasteiger partial charge in [-0.3, -0.25) is 0 Å². The van der Waals surface area contributed by atoms with E-state index in [0.29, 0.717) is 0 Å². The Morgan fingerprint density at radius 3 is 0.786 bits per heavy atom. The van der Waals surface area contributed by atoms with E-state index in [4.69, 9.17) is 37.9 Å². The van der Waals surface area contributed by atoms with Crippen LogP contribution in [0.15, 0.2) is 91.0 Å². The molecule has 0 bridgehead atoms. The molecule has 3 aromatic carbocycles. The summed E-state index contributed by atoms with van der Waals surface area (Å²) in [5, 5.41) is 0. The summed E-state index contributed by atoms with van der Waals surface area (Å²) in [6.45, 7) is 0. The summed E-state index contributed by atoms with van der Waals surface area (Å²) in [6.07, 6.45) is 3.07. The molecule has 0 unspecified atom stereocenters. The van der Waals surface area contributed by atoms with Gasteiger partial charge < -0.3 is 37.9 Å². The first-order valence-electron chi connectivity index (χ1n) is 9.16. The van der Waals surface area contributed by atoms with Gasteiger partial charge in [-0.1, -0.05) is 91.0 Å². The molecule has 0 N–H and O–H groups in total. The second kappa shape index (κ2) is 20.1. The van der Waals surface area contributed by atoms with Crippen LogP contribution in [-0.4, -0.2) is 17.3 Å². The van der Waals surface area contributed by atoms with Crippen LogP contribution in [0.3, 0.4) is 0 Å². The summed E-state index contributed by atoms with van der Waals surface area (Å²) in [6, 6.07) is 30.9. The molecule has 3 rings (SSSR count). The molecular weight excluding hydrogens is 473 g/mol. The summed E-state index contributed by atoms with van der Waals surface area (Å²) in [4.78, 5) is 0. The molecule has 0 saturated heterocycles. The van der Waals surface area contributed by atoms with Crippen LogP contribution in [-0.2, 0) is 89.9 Å². The average molecular weight is 501 g/mol. The van der Waals surface area contributed by atoms with Gasteiger partial charge in [-0.2, -0.15) is 17.3 Å². The minimum absolute atomic E-state index is 0. The van der Waals surface area contributed by atoms with Crippen molar-refractivity contribution in [3.63, 3.8) is 0 Å². The zero-order valence-electron chi connectivity index (χ0n) is 16.2. The quantitative estimate of drug-likeness (QED) is 0.420. The van der Waals surface area contributed by atoms with Crippen molar-refractivity contribution in [2.75, 3.05) is 17.3 Å². The summed E-state index contributed by atoms with van der Waals surface area (Å²) in [7, 11) is 0. The van der Waals surface area contributed by atoms with Crippen LogP contribution in [0.5, 0.6) is 0 Å². The predicted octanol–water partition coefficient (Wildman–Crippen LogP) is 5.33. The molecule has 0 aliphatic carbocycles. The van der Waals surface area contributed by atoms with Crippen LogP contribution in [0.2, 0.25) is 0 Å².